The largest absolute Gasteiger partial charge is 0.348 e. The van der Waals surface area contributed by atoms with E-state index in [1.54, 1.807) is 0 Å². The smallest absolute Gasteiger partial charge is 0.251 e. The maximum absolute atomic E-state index is 12.9. The average molecular weight is 326 g/mol. The second kappa shape index (κ2) is 8.06. The fourth-order valence-electron chi connectivity index (χ4n) is 3.10. The summed E-state index contributed by atoms with van der Waals surface area (Å²) in [7, 11) is 0. The zero-order chi connectivity index (χ0) is 16.8. The molecule has 1 aliphatic heterocycles. The quantitative estimate of drug-likeness (QED) is 0.908. The first-order chi connectivity index (χ1) is 11.7. The maximum Gasteiger partial charge on any atom is 0.251 e. The molecule has 4 heteroatoms. The number of nitrogens with one attached hydrogen (secondary N) is 1. The van der Waals surface area contributed by atoms with Crippen LogP contribution in [0.4, 0.5) is 4.39 Å². The molecule has 2 aromatic rings. The minimum atomic E-state index is -0.336. The van der Waals surface area contributed by atoms with Gasteiger partial charge in [-0.1, -0.05) is 30.7 Å². The SMILES string of the molecule is O=C(NCc1cccc(CN2CCCCC2)c1)c1ccc(F)cc1. The van der Waals surface area contributed by atoms with E-state index >= 15 is 0 Å². The molecule has 0 radical (unpaired) electrons. The fourth-order valence-corrected chi connectivity index (χ4v) is 3.10. The van der Waals surface area contributed by atoms with Crippen LogP contribution in [0.1, 0.15) is 40.7 Å². The van der Waals surface area contributed by atoms with Crippen molar-refractivity contribution in [1.29, 1.82) is 0 Å². The second-order valence-corrected chi connectivity index (χ2v) is 6.35. The molecule has 1 aliphatic rings. The van der Waals surface area contributed by atoms with Crippen molar-refractivity contribution in [2.45, 2.75) is 32.4 Å². The Morgan fingerprint density at radius 1 is 1.00 bits per heavy atom. The molecule has 0 aromatic heterocycles. The lowest BCUT2D eigenvalue weighted by Crippen LogP contribution is -2.29. The molecule has 2 aromatic carbocycles. The van der Waals surface area contributed by atoms with Crippen molar-refractivity contribution in [1.82, 2.24) is 10.2 Å². The number of benzene rings is 2. The summed E-state index contributed by atoms with van der Waals surface area (Å²) in [6.45, 7) is 3.79. The van der Waals surface area contributed by atoms with Crippen molar-refractivity contribution >= 4 is 5.91 Å². The molecule has 3 nitrogen and oxygen atoms in total. The summed E-state index contributed by atoms with van der Waals surface area (Å²) in [6.07, 6.45) is 3.91. The summed E-state index contributed by atoms with van der Waals surface area (Å²) in [5.41, 5.74) is 2.84. The first-order valence-electron chi connectivity index (χ1n) is 8.55. The topological polar surface area (TPSA) is 32.3 Å². The average Bonchev–Trinajstić information content (AvgIpc) is 2.61. The molecule has 1 N–H and O–H groups in total. The van der Waals surface area contributed by atoms with Crippen LogP contribution in [0.15, 0.2) is 48.5 Å². The molecular formula is C20H23FN2O. The van der Waals surface area contributed by atoms with E-state index < -0.39 is 0 Å². The second-order valence-electron chi connectivity index (χ2n) is 6.35. The highest BCUT2D eigenvalue weighted by atomic mass is 19.1. The van der Waals surface area contributed by atoms with Crippen LogP contribution >= 0.6 is 0 Å². The zero-order valence-corrected chi connectivity index (χ0v) is 13.8. The standard InChI is InChI=1S/C20H23FN2O/c21-19-9-7-18(8-10-19)20(24)22-14-16-5-4-6-17(13-16)15-23-11-2-1-3-12-23/h4-10,13H,1-3,11-12,14-15H2,(H,22,24). The Hall–Kier alpha value is -2.20. The Morgan fingerprint density at radius 2 is 1.71 bits per heavy atom. The monoisotopic (exact) mass is 326 g/mol. The highest BCUT2D eigenvalue weighted by Gasteiger charge is 2.11. The van der Waals surface area contributed by atoms with E-state index in [0.717, 1.165) is 12.1 Å². The van der Waals surface area contributed by atoms with Gasteiger partial charge in [0.15, 0.2) is 0 Å². The van der Waals surface area contributed by atoms with Crippen LogP contribution in [0.3, 0.4) is 0 Å². The summed E-state index contributed by atoms with van der Waals surface area (Å²) in [5, 5.41) is 2.89. The third-order valence-electron chi connectivity index (χ3n) is 4.41. The molecule has 0 atom stereocenters. The zero-order valence-electron chi connectivity index (χ0n) is 13.8. The van der Waals surface area contributed by atoms with Gasteiger partial charge in [0.1, 0.15) is 5.82 Å². The normalized spacial score (nSPS) is 15.2. The number of carbonyl (C=O) groups is 1. The number of hydrogen-bond donors (Lipinski definition) is 1. The molecule has 1 saturated heterocycles. The van der Waals surface area contributed by atoms with E-state index in [9.17, 15) is 9.18 Å². The summed E-state index contributed by atoms with van der Waals surface area (Å²) in [5.74, 6) is -0.520. The van der Waals surface area contributed by atoms with Crippen molar-refractivity contribution < 1.29 is 9.18 Å². The Morgan fingerprint density at radius 3 is 2.46 bits per heavy atom. The first-order valence-corrected chi connectivity index (χ1v) is 8.55. The van der Waals surface area contributed by atoms with Gasteiger partial charge in [-0.15, -0.1) is 0 Å². The van der Waals surface area contributed by atoms with Gasteiger partial charge in [0, 0.05) is 18.7 Å². The van der Waals surface area contributed by atoms with Gasteiger partial charge >= 0.3 is 0 Å². The van der Waals surface area contributed by atoms with E-state index in [1.165, 1.54) is 62.2 Å². The van der Waals surface area contributed by atoms with Crippen LogP contribution in [0, 0.1) is 5.82 Å². The summed E-state index contributed by atoms with van der Waals surface area (Å²) < 4.78 is 12.9. The molecule has 0 saturated carbocycles. The van der Waals surface area contributed by atoms with E-state index in [2.05, 4.69) is 22.3 Å². The summed E-state index contributed by atoms with van der Waals surface area (Å²) in [6, 6.07) is 13.9. The number of rotatable bonds is 5. The third kappa shape index (κ3) is 4.65. The van der Waals surface area contributed by atoms with Crippen LogP contribution in [0.2, 0.25) is 0 Å². The van der Waals surface area contributed by atoms with E-state index in [1.807, 2.05) is 12.1 Å². The van der Waals surface area contributed by atoms with Crippen molar-refractivity contribution in [2.75, 3.05) is 13.1 Å². The Kier molecular flexibility index (Phi) is 5.59. The van der Waals surface area contributed by atoms with E-state index in [0.29, 0.717) is 12.1 Å². The highest BCUT2D eigenvalue weighted by Crippen LogP contribution is 2.14. The summed E-state index contributed by atoms with van der Waals surface area (Å²) >= 11 is 0. The number of nitrogens with zero attached hydrogens (tertiary/aromatic N) is 1. The molecule has 0 unspecified atom stereocenters. The molecule has 1 amide bonds. The van der Waals surface area contributed by atoms with Crippen LogP contribution in [-0.4, -0.2) is 23.9 Å². The van der Waals surface area contributed by atoms with E-state index in [-0.39, 0.29) is 11.7 Å². The van der Waals surface area contributed by atoms with Gasteiger partial charge in [-0.2, -0.15) is 0 Å². The molecule has 0 aliphatic carbocycles. The molecule has 0 spiro atoms. The van der Waals surface area contributed by atoms with Gasteiger partial charge in [0.25, 0.3) is 5.91 Å². The van der Waals surface area contributed by atoms with Gasteiger partial charge in [-0.3, -0.25) is 9.69 Å². The predicted octanol–water partition coefficient (Wildman–Crippen LogP) is 3.74. The number of piperidine rings is 1. The number of halogens is 1. The Balaban J connectivity index is 1.56. The minimum Gasteiger partial charge on any atom is -0.348 e. The Labute approximate surface area is 142 Å². The van der Waals surface area contributed by atoms with Crippen LogP contribution < -0.4 is 5.32 Å². The highest BCUT2D eigenvalue weighted by molar-refractivity contribution is 5.94. The van der Waals surface area contributed by atoms with Crippen LogP contribution in [-0.2, 0) is 13.1 Å². The van der Waals surface area contributed by atoms with Crippen LogP contribution in [0.25, 0.3) is 0 Å². The van der Waals surface area contributed by atoms with Crippen molar-refractivity contribution in [3.63, 3.8) is 0 Å². The van der Waals surface area contributed by atoms with Gasteiger partial charge in [0.05, 0.1) is 0 Å². The summed E-state index contributed by atoms with van der Waals surface area (Å²) in [4.78, 5) is 14.6. The first kappa shape index (κ1) is 16.7. The predicted molar refractivity (Wildman–Crippen MR) is 93.1 cm³/mol. The Bertz CT molecular complexity index is 678. The molecule has 126 valence electrons. The molecule has 0 bridgehead atoms. The number of amides is 1. The van der Waals surface area contributed by atoms with Crippen molar-refractivity contribution in [3.8, 4) is 0 Å². The third-order valence-corrected chi connectivity index (χ3v) is 4.41. The molecular weight excluding hydrogens is 303 g/mol. The lowest BCUT2D eigenvalue weighted by molar-refractivity contribution is 0.0951. The minimum absolute atomic E-state index is 0.184. The number of hydrogen-bond acceptors (Lipinski definition) is 2. The lowest BCUT2D eigenvalue weighted by Gasteiger charge is -2.26. The number of carbonyl (C=O) groups excluding carboxylic acids is 1. The van der Waals surface area contributed by atoms with E-state index in [4.69, 9.17) is 0 Å². The molecule has 1 heterocycles. The lowest BCUT2D eigenvalue weighted by atomic mass is 10.1. The molecule has 3 rings (SSSR count). The van der Waals surface area contributed by atoms with Gasteiger partial charge < -0.3 is 5.32 Å². The van der Waals surface area contributed by atoms with Crippen molar-refractivity contribution in [2.24, 2.45) is 0 Å². The number of likely N-dealkylation sites (tertiary alicyclic amines) is 1. The van der Waals surface area contributed by atoms with Gasteiger partial charge in [-0.05, 0) is 61.3 Å². The fraction of sp³-hybridized carbons (Fsp3) is 0.350. The van der Waals surface area contributed by atoms with Gasteiger partial charge in [-0.25, -0.2) is 4.39 Å². The van der Waals surface area contributed by atoms with Crippen LogP contribution in [0.5, 0.6) is 0 Å². The maximum atomic E-state index is 12.9. The molecule has 24 heavy (non-hydrogen) atoms. The van der Waals surface area contributed by atoms with Crippen molar-refractivity contribution in [3.05, 3.63) is 71.0 Å². The molecule has 1 fully saturated rings. The van der Waals surface area contributed by atoms with Gasteiger partial charge in [0.2, 0.25) is 0 Å².